The molecule has 4 heterocycles. The molecule has 4 aliphatic rings. The fraction of sp³-hybridized carbons (Fsp3) is 0.125. The molecule has 4 aliphatic heterocycles. The van der Waals surface area contributed by atoms with Crippen LogP contribution in [0, 0.1) is 13.3 Å². The van der Waals surface area contributed by atoms with Crippen LogP contribution in [0.3, 0.4) is 0 Å². The van der Waals surface area contributed by atoms with E-state index in [4.69, 9.17) is 0 Å². The fourth-order valence-corrected chi connectivity index (χ4v) is 2.40. The van der Waals surface area contributed by atoms with Crippen molar-refractivity contribution >= 4 is 26.9 Å². The van der Waals surface area contributed by atoms with Gasteiger partial charge in [0.2, 0.25) is 13.3 Å². The van der Waals surface area contributed by atoms with Gasteiger partial charge in [0.25, 0.3) is 0 Å². The van der Waals surface area contributed by atoms with Gasteiger partial charge in [-0.25, -0.2) is 0 Å². The second-order valence-corrected chi connectivity index (χ2v) is 12.1. The van der Waals surface area contributed by atoms with E-state index in [9.17, 15) is 0 Å². The standard InChI is InChI=1S/C16H14N4.2BrH.Pd/c1-3-7-19-13-17(11-15(19)5-1)9-10-18-12-16-6-2-4-8-20(16)14-18;;;/h1-8,11-12H,9-10H2;2*1H;/q;;;+2/p-2. The van der Waals surface area contributed by atoms with Crippen LogP contribution in [0.15, 0.2) is 72.7 Å². The Morgan fingerprint density at radius 2 is 1.22 bits per heavy atom. The second kappa shape index (κ2) is 8.39. The number of rotatable bonds is 3. The molecule has 4 radical (unpaired) electrons. The molecular formula is C16H14Br2N4Pd. The van der Waals surface area contributed by atoms with Gasteiger partial charge in [-0.3, -0.25) is 0 Å². The normalized spacial score (nSPS) is 20.4. The molecule has 0 fully saturated rings. The van der Waals surface area contributed by atoms with Crippen LogP contribution >= 0.6 is 26.9 Å². The topological polar surface area (TPSA) is 13.0 Å². The quantitative estimate of drug-likeness (QED) is 0.518. The Morgan fingerprint density at radius 1 is 0.783 bits per heavy atom. The smallest absolute Gasteiger partial charge is 0.212 e. The minimum atomic E-state index is 0.575. The van der Waals surface area contributed by atoms with Crippen molar-refractivity contribution in [1.29, 1.82) is 0 Å². The molecule has 4 nitrogen and oxygen atoms in total. The maximum Gasteiger partial charge on any atom is 0.212 e. The van der Waals surface area contributed by atoms with E-state index >= 15 is 0 Å². The molecule has 0 amide bonds. The second-order valence-electron chi connectivity index (χ2n) is 4.88. The molecule has 122 valence electrons. The largest absolute Gasteiger partial charge is 0.344 e. The molecule has 0 aromatic carbocycles. The predicted molar refractivity (Wildman–Crippen MR) is 94.2 cm³/mol. The third kappa shape index (κ3) is 4.42. The van der Waals surface area contributed by atoms with Gasteiger partial charge in [-0.1, -0.05) is 12.2 Å². The summed E-state index contributed by atoms with van der Waals surface area (Å²) in [6.07, 6.45) is 20.5. The molecule has 0 spiro atoms. The van der Waals surface area contributed by atoms with Crippen LogP contribution < -0.4 is 0 Å². The zero-order valence-corrected chi connectivity index (χ0v) is 16.8. The SMILES string of the molecule is [Br][Pd][Br].[C]1N(CCN2[C]N3C=CC=CC3=C2)C=C2C=CC=CN12. The van der Waals surface area contributed by atoms with E-state index in [1.54, 1.807) is 0 Å². The van der Waals surface area contributed by atoms with Crippen LogP contribution in [-0.2, 0) is 13.9 Å². The maximum absolute atomic E-state index is 3.30. The minimum absolute atomic E-state index is 0.575. The third-order valence-corrected chi connectivity index (χ3v) is 3.41. The number of hydrogen-bond donors (Lipinski definition) is 0. The van der Waals surface area contributed by atoms with Crippen molar-refractivity contribution in [2.45, 2.75) is 0 Å². The van der Waals surface area contributed by atoms with Crippen LogP contribution in [0.5, 0.6) is 0 Å². The van der Waals surface area contributed by atoms with Gasteiger partial charge in [0.15, 0.2) is 0 Å². The Balaban J connectivity index is 0.000000485. The van der Waals surface area contributed by atoms with Crippen molar-refractivity contribution in [2.24, 2.45) is 0 Å². The van der Waals surface area contributed by atoms with Crippen LogP contribution in [0.25, 0.3) is 0 Å². The van der Waals surface area contributed by atoms with Crippen molar-refractivity contribution in [2.75, 3.05) is 13.1 Å². The van der Waals surface area contributed by atoms with Crippen molar-refractivity contribution in [1.82, 2.24) is 19.6 Å². The monoisotopic (exact) mass is 526 g/mol. The Kier molecular flexibility index (Phi) is 6.23. The fourth-order valence-electron chi connectivity index (χ4n) is 2.40. The first-order valence-electron chi connectivity index (χ1n) is 6.90. The first-order chi connectivity index (χ1) is 11.3. The molecule has 0 aliphatic carbocycles. The zero-order valence-electron chi connectivity index (χ0n) is 12.0. The van der Waals surface area contributed by atoms with E-state index in [1.165, 1.54) is 0 Å². The molecule has 0 unspecified atom stereocenters. The predicted octanol–water partition coefficient (Wildman–Crippen LogP) is 3.75. The summed E-state index contributed by atoms with van der Waals surface area (Å²) < 4.78 is 0. The molecule has 0 bridgehead atoms. The van der Waals surface area contributed by atoms with Gasteiger partial charge in [0.1, 0.15) is 0 Å². The molecule has 4 rings (SSSR count). The summed E-state index contributed by atoms with van der Waals surface area (Å²) in [7, 11) is 0. The Morgan fingerprint density at radius 3 is 1.61 bits per heavy atom. The summed E-state index contributed by atoms with van der Waals surface area (Å²) >= 11 is 6.80. The number of fused-ring (bicyclic) bond motifs is 2. The van der Waals surface area contributed by atoms with E-state index in [-0.39, 0.29) is 0 Å². The first-order valence-corrected chi connectivity index (χ1v) is 14.0. The molecular weight excluding hydrogens is 514 g/mol. The summed E-state index contributed by atoms with van der Waals surface area (Å²) in [4.78, 5) is 8.17. The molecule has 0 atom stereocenters. The van der Waals surface area contributed by atoms with E-state index in [2.05, 4.69) is 74.5 Å². The summed E-state index contributed by atoms with van der Waals surface area (Å²) in [5.74, 6) is 0. The van der Waals surface area contributed by atoms with E-state index in [0.717, 1.165) is 24.5 Å². The Bertz CT molecular complexity index is 557. The van der Waals surface area contributed by atoms with E-state index in [1.807, 2.05) is 46.5 Å². The maximum atomic E-state index is 3.30. The summed E-state index contributed by atoms with van der Waals surface area (Å²) in [6, 6.07) is 0. The molecule has 0 saturated heterocycles. The van der Waals surface area contributed by atoms with Crippen molar-refractivity contribution in [3.63, 3.8) is 0 Å². The average molecular weight is 529 g/mol. The van der Waals surface area contributed by atoms with Gasteiger partial charge in [-0.15, -0.1) is 0 Å². The van der Waals surface area contributed by atoms with E-state index < -0.39 is 0 Å². The van der Waals surface area contributed by atoms with Crippen molar-refractivity contribution < 1.29 is 13.9 Å². The van der Waals surface area contributed by atoms with Crippen molar-refractivity contribution in [3.8, 4) is 0 Å². The third-order valence-electron chi connectivity index (χ3n) is 3.41. The van der Waals surface area contributed by atoms with Gasteiger partial charge in [0, 0.05) is 37.9 Å². The minimum Gasteiger partial charge on any atom is -0.344 e. The molecule has 0 aromatic rings. The van der Waals surface area contributed by atoms with Gasteiger partial charge < -0.3 is 19.6 Å². The summed E-state index contributed by atoms with van der Waals surface area (Å²) in [6.45, 7) is 8.35. The zero-order chi connectivity index (χ0) is 16.1. The van der Waals surface area contributed by atoms with Crippen LogP contribution in [0.4, 0.5) is 0 Å². The Hall–Kier alpha value is -0.738. The van der Waals surface area contributed by atoms with Gasteiger partial charge in [-0.2, -0.15) is 0 Å². The van der Waals surface area contributed by atoms with Crippen molar-refractivity contribution in [3.05, 3.63) is 86.0 Å². The number of hydrogen-bond acceptors (Lipinski definition) is 4. The van der Waals surface area contributed by atoms with Gasteiger partial charge in [0.05, 0.1) is 11.4 Å². The number of allylic oxidation sites excluding steroid dienone is 6. The van der Waals surface area contributed by atoms with Gasteiger partial charge >= 0.3 is 40.8 Å². The number of halogens is 2. The number of nitrogens with zero attached hydrogens (tertiary/aromatic N) is 4. The Labute approximate surface area is 158 Å². The van der Waals surface area contributed by atoms with Gasteiger partial charge in [-0.05, 0) is 24.3 Å². The molecule has 0 saturated carbocycles. The first kappa shape index (κ1) is 17.1. The van der Waals surface area contributed by atoms with E-state index in [0.29, 0.717) is 13.9 Å². The average Bonchev–Trinajstić information content (AvgIpc) is 3.16. The molecule has 0 aromatic heterocycles. The molecule has 23 heavy (non-hydrogen) atoms. The summed E-state index contributed by atoms with van der Waals surface area (Å²) in [5.41, 5.74) is 2.31. The van der Waals surface area contributed by atoms with Crippen LogP contribution in [0.2, 0.25) is 0 Å². The summed E-state index contributed by atoms with van der Waals surface area (Å²) in [5, 5.41) is 0. The van der Waals surface area contributed by atoms with Crippen LogP contribution in [0.1, 0.15) is 0 Å². The molecule has 0 N–H and O–H groups in total. The van der Waals surface area contributed by atoms with Crippen LogP contribution in [-0.4, -0.2) is 32.7 Å². The molecule has 7 heteroatoms.